The molecule has 2 aromatic carbocycles. The van der Waals surface area contributed by atoms with E-state index in [0.717, 1.165) is 16.3 Å². The van der Waals surface area contributed by atoms with Gasteiger partial charge in [0, 0.05) is 13.1 Å². The molecule has 0 aliphatic heterocycles. The number of aliphatic hydroxyl groups excluding tert-OH is 2. The van der Waals surface area contributed by atoms with Gasteiger partial charge in [0.1, 0.15) is 5.57 Å². The zero-order chi connectivity index (χ0) is 21.6. The summed E-state index contributed by atoms with van der Waals surface area (Å²) in [5, 5.41) is 24.7. The lowest BCUT2D eigenvalue weighted by molar-refractivity contribution is -0.123. The summed E-state index contributed by atoms with van der Waals surface area (Å²) in [5.74, 6) is -1.05. The number of ether oxygens (including phenoxy) is 2. The van der Waals surface area contributed by atoms with Crippen molar-refractivity contribution in [2.75, 3.05) is 52.7 Å². The van der Waals surface area contributed by atoms with Crippen molar-refractivity contribution in [1.29, 1.82) is 0 Å². The van der Waals surface area contributed by atoms with Crippen LogP contribution in [0.2, 0.25) is 0 Å². The van der Waals surface area contributed by atoms with Gasteiger partial charge in [-0.15, -0.1) is 0 Å². The van der Waals surface area contributed by atoms with Crippen LogP contribution in [-0.2, 0) is 19.1 Å². The number of hydrogen-bond acceptors (Lipinski definition) is 6. The van der Waals surface area contributed by atoms with Crippen LogP contribution >= 0.6 is 0 Å². The highest BCUT2D eigenvalue weighted by Crippen LogP contribution is 2.21. The van der Waals surface area contributed by atoms with E-state index in [1.165, 1.54) is 0 Å². The van der Waals surface area contributed by atoms with Gasteiger partial charge in [0.2, 0.25) is 0 Å². The van der Waals surface area contributed by atoms with Gasteiger partial charge in [0.25, 0.3) is 11.8 Å². The van der Waals surface area contributed by atoms with Crippen LogP contribution in [0.15, 0.2) is 48.0 Å². The maximum absolute atomic E-state index is 12.7. The van der Waals surface area contributed by atoms with Crippen LogP contribution < -0.4 is 10.6 Å². The lowest BCUT2D eigenvalue weighted by atomic mass is 10.0. The van der Waals surface area contributed by atoms with Crippen molar-refractivity contribution in [3.05, 3.63) is 53.6 Å². The van der Waals surface area contributed by atoms with E-state index in [1.807, 2.05) is 42.5 Å². The second-order valence-electron chi connectivity index (χ2n) is 6.31. The average Bonchev–Trinajstić information content (AvgIpc) is 2.77. The third kappa shape index (κ3) is 7.57. The quantitative estimate of drug-likeness (QED) is 0.163. The van der Waals surface area contributed by atoms with Gasteiger partial charge in [0.15, 0.2) is 0 Å². The Morgan fingerprint density at radius 1 is 0.800 bits per heavy atom. The van der Waals surface area contributed by atoms with Crippen molar-refractivity contribution < 1.29 is 29.3 Å². The highest BCUT2D eigenvalue weighted by molar-refractivity contribution is 6.22. The predicted molar refractivity (Wildman–Crippen MR) is 114 cm³/mol. The minimum absolute atomic E-state index is 0.0318. The van der Waals surface area contributed by atoms with Gasteiger partial charge < -0.3 is 30.3 Å². The second-order valence-corrected chi connectivity index (χ2v) is 6.31. The Balaban J connectivity index is 2.16. The summed E-state index contributed by atoms with van der Waals surface area (Å²) in [7, 11) is 0. The minimum Gasteiger partial charge on any atom is -0.394 e. The number of rotatable bonds is 13. The second kappa shape index (κ2) is 13.4. The Bertz CT molecular complexity index is 819. The van der Waals surface area contributed by atoms with E-state index in [9.17, 15) is 9.59 Å². The molecular formula is C22H28N2O6. The number of carbonyl (C=O) groups is 2. The third-order valence-electron chi connectivity index (χ3n) is 4.15. The molecule has 4 N–H and O–H groups in total. The number of aliphatic hydroxyl groups is 2. The standard InChI is InChI=1S/C22H28N2O6/c25-10-14-29-12-8-23-21(27)20(22(28)24-9-13-30-15-11-26)16-18-6-3-5-17-4-1-2-7-19(17)18/h1-7,16,25-26H,8-15H2,(H,23,27)(H,24,28). The Labute approximate surface area is 175 Å². The van der Waals surface area contributed by atoms with Crippen LogP contribution in [0.5, 0.6) is 0 Å². The topological polar surface area (TPSA) is 117 Å². The summed E-state index contributed by atoms with van der Waals surface area (Å²) in [5.41, 5.74) is 0.720. The molecule has 0 spiro atoms. The van der Waals surface area contributed by atoms with Gasteiger partial charge in [-0.05, 0) is 22.4 Å². The van der Waals surface area contributed by atoms with Crippen molar-refractivity contribution in [2.45, 2.75) is 0 Å². The third-order valence-corrected chi connectivity index (χ3v) is 4.15. The number of nitrogens with one attached hydrogen (secondary N) is 2. The van der Waals surface area contributed by atoms with E-state index in [-0.39, 0.29) is 58.3 Å². The maximum Gasteiger partial charge on any atom is 0.256 e. The lowest BCUT2D eigenvalue weighted by Crippen LogP contribution is -2.37. The van der Waals surface area contributed by atoms with E-state index in [1.54, 1.807) is 6.08 Å². The molecule has 0 aromatic heterocycles. The maximum atomic E-state index is 12.7. The molecule has 0 atom stereocenters. The van der Waals surface area contributed by atoms with Gasteiger partial charge >= 0.3 is 0 Å². The number of amides is 2. The summed E-state index contributed by atoms with van der Waals surface area (Å²) in [6.07, 6.45) is 1.57. The van der Waals surface area contributed by atoms with Crippen LogP contribution in [0, 0.1) is 0 Å². The van der Waals surface area contributed by atoms with Crippen molar-refractivity contribution in [1.82, 2.24) is 10.6 Å². The molecule has 0 unspecified atom stereocenters. The van der Waals surface area contributed by atoms with Crippen LogP contribution in [0.25, 0.3) is 16.8 Å². The van der Waals surface area contributed by atoms with Gasteiger partial charge in [-0.1, -0.05) is 42.5 Å². The Hall–Kier alpha value is -2.78. The molecule has 8 heteroatoms. The average molecular weight is 416 g/mol. The summed E-state index contributed by atoms with van der Waals surface area (Å²) >= 11 is 0. The molecule has 8 nitrogen and oxygen atoms in total. The van der Waals surface area contributed by atoms with Crippen LogP contribution in [0.1, 0.15) is 5.56 Å². The Morgan fingerprint density at radius 3 is 1.97 bits per heavy atom. The van der Waals surface area contributed by atoms with Crippen LogP contribution in [0.3, 0.4) is 0 Å². The molecule has 2 rings (SSSR count). The molecule has 2 amide bonds. The molecule has 162 valence electrons. The Kier molecular flexibility index (Phi) is 10.5. The normalized spacial score (nSPS) is 10.6. The zero-order valence-electron chi connectivity index (χ0n) is 16.8. The molecule has 30 heavy (non-hydrogen) atoms. The SMILES string of the molecule is O=C(NCCOCCO)C(=Cc1cccc2ccccc12)C(=O)NCCOCCO. The fourth-order valence-corrected chi connectivity index (χ4v) is 2.76. The van der Waals surface area contributed by atoms with Crippen molar-refractivity contribution in [3.63, 3.8) is 0 Å². The van der Waals surface area contributed by atoms with Crippen molar-refractivity contribution in [2.24, 2.45) is 0 Å². The van der Waals surface area contributed by atoms with E-state index in [4.69, 9.17) is 19.7 Å². The summed E-state index contributed by atoms with van der Waals surface area (Å²) in [6, 6.07) is 13.4. The molecule has 0 radical (unpaired) electrons. The molecule has 0 aliphatic carbocycles. The highest BCUT2D eigenvalue weighted by Gasteiger charge is 2.18. The first-order valence-corrected chi connectivity index (χ1v) is 9.80. The monoisotopic (exact) mass is 416 g/mol. The summed E-state index contributed by atoms with van der Waals surface area (Å²) < 4.78 is 10.3. The number of benzene rings is 2. The predicted octanol–water partition coefficient (Wildman–Crippen LogP) is 0.473. The number of hydrogen-bond donors (Lipinski definition) is 4. The molecule has 0 aliphatic rings. The minimum atomic E-state index is -0.524. The van der Waals surface area contributed by atoms with Crippen molar-refractivity contribution in [3.8, 4) is 0 Å². The van der Waals surface area contributed by atoms with Gasteiger partial charge in [-0.3, -0.25) is 9.59 Å². The fourth-order valence-electron chi connectivity index (χ4n) is 2.76. The number of carbonyl (C=O) groups excluding carboxylic acids is 2. The summed E-state index contributed by atoms with van der Waals surface area (Å²) in [4.78, 5) is 25.4. The van der Waals surface area contributed by atoms with Gasteiger partial charge in [-0.25, -0.2) is 0 Å². The molecule has 0 fully saturated rings. The van der Waals surface area contributed by atoms with Crippen LogP contribution in [-0.4, -0.2) is 74.8 Å². The molecule has 0 saturated carbocycles. The van der Waals surface area contributed by atoms with Gasteiger partial charge in [0.05, 0.1) is 39.6 Å². The van der Waals surface area contributed by atoms with Crippen LogP contribution in [0.4, 0.5) is 0 Å². The lowest BCUT2D eigenvalue weighted by Gasteiger charge is -2.11. The molecule has 0 heterocycles. The largest absolute Gasteiger partial charge is 0.394 e. The molecule has 0 saturated heterocycles. The Morgan fingerprint density at radius 2 is 1.37 bits per heavy atom. The molecular weight excluding hydrogens is 388 g/mol. The first-order chi connectivity index (χ1) is 14.7. The first kappa shape index (κ1) is 23.5. The summed E-state index contributed by atoms with van der Waals surface area (Å²) in [6.45, 7) is 1.04. The van der Waals surface area contributed by atoms with Crippen molar-refractivity contribution >= 4 is 28.7 Å². The molecule has 0 bridgehead atoms. The van der Waals surface area contributed by atoms with E-state index >= 15 is 0 Å². The zero-order valence-corrected chi connectivity index (χ0v) is 16.8. The highest BCUT2D eigenvalue weighted by atomic mass is 16.5. The van der Waals surface area contributed by atoms with E-state index in [2.05, 4.69) is 10.6 Å². The van der Waals surface area contributed by atoms with E-state index < -0.39 is 11.8 Å². The van der Waals surface area contributed by atoms with E-state index in [0.29, 0.717) is 0 Å². The van der Waals surface area contributed by atoms with Gasteiger partial charge in [-0.2, -0.15) is 0 Å². The fraction of sp³-hybridized carbons (Fsp3) is 0.364. The molecule has 2 aromatic rings. The smallest absolute Gasteiger partial charge is 0.256 e. The first-order valence-electron chi connectivity index (χ1n) is 9.80. The number of fused-ring (bicyclic) bond motifs is 1.